The molecule has 0 spiro atoms. The fourth-order valence-electron chi connectivity index (χ4n) is 1.85. The monoisotopic (exact) mass is 292 g/mol. The molecule has 0 amide bonds. The van der Waals surface area contributed by atoms with Gasteiger partial charge in [-0.3, -0.25) is 4.79 Å². The first-order valence-electron chi connectivity index (χ1n) is 6.08. The van der Waals surface area contributed by atoms with Crippen LogP contribution in [0, 0.1) is 6.92 Å². The van der Waals surface area contributed by atoms with Gasteiger partial charge in [-0.1, -0.05) is 12.1 Å². The number of carboxylic acid groups (broad SMARTS) is 1. The Morgan fingerprint density at radius 3 is 2.95 bits per heavy atom. The molecule has 0 radical (unpaired) electrons. The number of aryl methyl sites for hydroxylation is 1. The quantitative estimate of drug-likeness (QED) is 0.820. The summed E-state index contributed by atoms with van der Waals surface area (Å²) in [4.78, 5) is 16.2. The van der Waals surface area contributed by atoms with E-state index >= 15 is 0 Å². The van der Waals surface area contributed by atoms with Crippen molar-refractivity contribution in [1.29, 1.82) is 0 Å². The van der Waals surface area contributed by atoms with Crippen LogP contribution in [-0.2, 0) is 4.79 Å². The molecule has 3 N–H and O–H groups in total. The van der Waals surface area contributed by atoms with Crippen molar-refractivity contribution in [3.63, 3.8) is 0 Å². The molecule has 1 unspecified atom stereocenters. The Hall–Kier alpha value is -1.79. The van der Waals surface area contributed by atoms with E-state index in [1.54, 1.807) is 7.11 Å². The lowest BCUT2D eigenvalue weighted by atomic mass is 10.2. The van der Waals surface area contributed by atoms with Crippen molar-refractivity contribution >= 4 is 28.6 Å². The van der Waals surface area contributed by atoms with Gasteiger partial charge in [0.1, 0.15) is 17.3 Å². The summed E-state index contributed by atoms with van der Waals surface area (Å²) in [6, 6.07) is 6.74. The number of hydrogen-bond acceptors (Lipinski definition) is 5. The van der Waals surface area contributed by atoms with Crippen LogP contribution >= 0.6 is 11.8 Å². The molecule has 0 saturated heterocycles. The van der Waals surface area contributed by atoms with Gasteiger partial charge in [-0.15, -0.1) is 11.8 Å². The molecule has 1 heterocycles. The second-order valence-corrected chi connectivity index (χ2v) is 5.44. The molecule has 0 aliphatic rings. The summed E-state index contributed by atoms with van der Waals surface area (Å²) in [6.07, 6.45) is 0. The first-order valence-corrected chi connectivity index (χ1v) is 7.07. The van der Waals surface area contributed by atoms with Crippen molar-refractivity contribution in [1.82, 2.24) is 4.98 Å². The molecule has 1 aromatic heterocycles. The Balaban J connectivity index is 2.40. The summed E-state index contributed by atoms with van der Waals surface area (Å²) < 4.78 is 5.31. The number of ether oxygens (including phenoxy) is 1. The van der Waals surface area contributed by atoms with Gasteiger partial charge in [0.05, 0.1) is 7.11 Å². The molecule has 0 aliphatic carbocycles. The van der Waals surface area contributed by atoms with E-state index in [2.05, 4.69) is 4.98 Å². The number of fused-ring (bicyclic) bond motifs is 1. The third kappa shape index (κ3) is 3.02. The van der Waals surface area contributed by atoms with Crippen LogP contribution in [-0.4, -0.2) is 35.0 Å². The molecule has 0 bridgehead atoms. The van der Waals surface area contributed by atoms with Gasteiger partial charge in [0.2, 0.25) is 0 Å². The number of methoxy groups -OCH3 is 1. The highest BCUT2D eigenvalue weighted by molar-refractivity contribution is 7.99. The van der Waals surface area contributed by atoms with Crippen LogP contribution in [0.4, 0.5) is 0 Å². The summed E-state index contributed by atoms with van der Waals surface area (Å²) in [5.74, 6) is 0.0196. The van der Waals surface area contributed by atoms with Crippen LogP contribution in [0.1, 0.15) is 5.69 Å². The molecular weight excluding hydrogens is 276 g/mol. The minimum Gasteiger partial charge on any atom is -0.494 e. The number of benzene rings is 1. The zero-order valence-electron chi connectivity index (χ0n) is 11.3. The summed E-state index contributed by atoms with van der Waals surface area (Å²) in [5.41, 5.74) is 7.18. The fraction of sp³-hybridized carbons (Fsp3) is 0.286. The van der Waals surface area contributed by atoms with Crippen molar-refractivity contribution < 1.29 is 14.6 Å². The third-order valence-corrected chi connectivity index (χ3v) is 4.02. The predicted octanol–water partition coefficient (Wildman–Crippen LogP) is 2.06. The van der Waals surface area contributed by atoms with Gasteiger partial charge in [0.25, 0.3) is 0 Å². The molecule has 2 aromatic rings. The van der Waals surface area contributed by atoms with Crippen molar-refractivity contribution in [2.45, 2.75) is 17.9 Å². The van der Waals surface area contributed by atoms with Crippen molar-refractivity contribution in [2.75, 3.05) is 12.9 Å². The van der Waals surface area contributed by atoms with E-state index in [0.717, 1.165) is 21.5 Å². The number of nitrogens with two attached hydrogens (primary N) is 1. The van der Waals surface area contributed by atoms with Gasteiger partial charge in [0, 0.05) is 21.7 Å². The predicted molar refractivity (Wildman–Crippen MR) is 79.4 cm³/mol. The van der Waals surface area contributed by atoms with E-state index in [4.69, 9.17) is 15.6 Å². The molecule has 0 fully saturated rings. The molecule has 106 valence electrons. The average molecular weight is 292 g/mol. The lowest BCUT2D eigenvalue weighted by Gasteiger charge is -2.11. The van der Waals surface area contributed by atoms with Gasteiger partial charge in [0.15, 0.2) is 0 Å². The average Bonchev–Trinajstić information content (AvgIpc) is 2.43. The highest BCUT2D eigenvalue weighted by Crippen LogP contribution is 2.32. The Kier molecular flexibility index (Phi) is 4.46. The molecule has 20 heavy (non-hydrogen) atoms. The number of carboxylic acids is 1. The minimum absolute atomic E-state index is 0.311. The standard InChI is InChI=1S/C14H16N2O3S/c1-8-6-12(20-7-10(15)14(17)18)9-4-3-5-11(19-2)13(9)16-8/h3-6,10H,7,15H2,1-2H3,(H,17,18). The Bertz CT molecular complexity index is 646. The van der Waals surface area contributed by atoms with Crippen LogP contribution in [0.5, 0.6) is 5.75 Å². The topological polar surface area (TPSA) is 85.4 Å². The summed E-state index contributed by atoms with van der Waals surface area (Å²) in [5, 5.41) is 9.78. The molecule has 1 aromatic carbocycles. The van der Waals surface area contributed by atoms with Gasteiger partial charge >= 0.3 is 5.97 Å². The first-order chi connectivity index (χ1) is 9.52. The van der Waals surface area contributed by atoms with Crippen molar-refractivity contribution in [3.8, 4) is 5.75 Å². The van der Waals surface area contributed by atoms with Gasteiger partial charge in [-0.25, -0.2) is 4.98 Å². The number of nitrogens with zero attached hydrogens (tertiary/aromatic N) is 1. The molecule has 6 heteroatoms. The van der Waals surface area contributed by atoms with Crippen LogP contribution < -0.4 is 10.5 Å². The SMILES string of the molecule is COc1cccc2c(SCC(N)C(=O)O)cc(C)nc12. The van der Waals surface area contributed by atoms with Crippen LogP contribution in [0.3, 0.4) is 0 Å². The van der Waals surface area contributed by atoms with Crippen LogP contribution in [0.25, 0.3) is 10.9 Å². The van der Waals surface area contributed by atoms with Gasteiger partial charge < -0.3 is 15.6 Å². The van der Waals surface area contributed by atoms with E-state index in [9.17, 15) is 4.79 Å². The molecule has 0 saturated carbocycles. The highest BCUT2D eigenvalue weighted by atomic mass is 32.2. The minimum atomic E-state index is -0.995. The second kappa shape index (κ2) is 6.11. The van der Waals surface area contributed by atoms with E-state index < -0.39 is 12.0 Å². The highest BCUT2D eigenvalue weighted by Gasteiger charge is 2.14. The maximum Gasteiger partial charge on any atom is 0.321 e. The summed E-state index contributed by atoms with van der Waals surface area (Å²) >= 11 is 1.42. The zero-order valence-corrected chi connectivity index (χ0v) is 12.1. The summed E-state index contributed by atoms with van der Waals surface area (Å²) in [6.45, 7) is 1.90. The van der Waals surface area contributed by atoms with Crippen LogP contribution in [0.15, 0.2) is 29.2 Å². The zero-order chi connectivity index (χ0) is 14.7. The van der Waals surface area contributed by atoms with E-state index in [1.165, 1.54) is 11.8 Å². The third-order valence-electron chi connectivity index (χ3n) is 2.85. The van der Waals surface area contributed by atoms with Gasteiger partial charge in [-0.2, -0.15) is 0 Å². The number of carbonyl (C=O) groups is 1. The number of rotatable bonds is 5. The molecule has 2 rings (SSSR count). The number of hydrogen-bond donors (Lipinski definition) is 2. The molecular formula is C14H16N2O3S. The second-order valence-electron chi connectivity index (χ2n) is 4.37. The lowest BCUT2D eigenvalue weighted by Crippen LogP contribution is -2.32. The van der Waals surface area contributed by atoms with Gasteiger partial charge in [-0.05, 0) is 19.1 Å². The van der Waals surface area contributed by atoms with E-state index in [1.807, 2.05) is 31.2 Å². The Morgan fingerprint density at radius 2 is 2.30 bits per heavy atom. The number of aromatic nitrogens is 1. The van der Waals surface area contributed by atoms with Crippen LogP contribution in [0.2, 0.25) is 0 Å². The molecule has 0 aliphatic heterocycles. The smallest absolute Gasteiger partial charge is 0.321 e. The number of aliphatic carboxylic acids is 1. The lowest BCUT2D eigenvalue weighted by molar-refractivity contribution is -0.137. The first kappa shape index (κ1) is 14.6. The van der Waals surface area contributed by atoms with Crippen molar-refractivity contribution in [2.24, 2.45) is 5.73 Å². The fourth-order valence-corrected chi connectivity index (χ4v) is 2.92. The largest absolute Gasteiger partial charge is 0.494 e. The van der Waals surface area contributed by atoms with E-state index in [-0.39, 0.29) is 0 Å². The Morgan fingerprint density at radius 1 is 1.55 bits per heavy atom. The normalized spacial score (nSPS) is 12.3. The molecule has 1 atom stereocenters. The maximum absolute atomic E-state index is 10.8. The number of para-hydroxylation sites is 1. The van der Waals surface area contributed by atoms with Crippen molar-refractivity contribution in [3.05, 3.63) is 30.0 Å². The molecule has 5 nitrogen and oxygen atoms in total. The number of thioether (sulfide) groups is 1. The number of pyridine rings is 1. The van der Waals surface area contributed by atoms with E-state index in [0.29, 0.717) is 11.5 Å². The Labute approximate surface area is 121 Å². The maximum atomic E-state index is 10.8. The summed E-state index contributed by atoms with van der Waals surface area (Å²) in [7, 11) is 1.60.